The molecule has 0 aromatic carbocycles. The number of carbonyl (C=O) groups is 3. The zero-order chi connectivity index (χ0) is 12.4. The molecule has 2 aliphatic rings. The summed E-state index contributed by atoms with van der Waals surface area (Å²) >= 11 is 0. The van der Waals surface area contributed by atoms with Gasteiger partial charge in [0.2, 0.25) is 11.8 Å². The first-order valence-corrected chi connectivity index (χ1v) is 5.89. The lowest BCUT2D eigenvalue weighted by Gasteiger charge is -2.28. The van der Waals surface area contributed by atoms with Gasteiger partial charge in [0.1, 0.15) is 6.04 Å². The van der Waals surface area contributed by atoms with Crippen LogP contribution in [-0.4, -0.2) is 46.9 Å². The Labute approximate surface area is 99.0 Å². The average molecular weight is 240 g/mol. The second-order valence-electron chi connectivity index (χ2n) is 4.57. The summed E-state index contributed by atoms with van der Waals surface area (Å²) in [6, 6.07) is -0.680. The molecule has 94 valence electrons. The first-order valence-electron chi connectivity index (χ1n) is 5.89. The molecule has 0 bridgehead atoms. The van der Waals surface area contributed by atoms with Crippen LogP contribution in [0.3, 0.4) is 0 Å². The smallest absolute Gasteiger partial charge is 0.326 e. The molecule has 0 aliphatic carbocycles. The van der Waals surface area contributed by atoms with E-state index in [1.807, 2.05) is 0 Å². The molecule has 0 radical (unpaired) electrons. The third kappa shape index (κ3) is 2.40. The topological polar surface area (TPSA) is 86.7 Å². The fourth-order valence-electron chi connectivity index (χ4n) is 2.47. The summed E-state index contributed by atoms with van der Waals surface area (Å²) in [5.41, 5.74) is 0. The van der Waals surface area contributed by atoms with Crippen molar-refractivity contribution in [3.8, 4) is 0 Å². The summed E-state index contributed by atoms with van der Waals surface area (Å²) in [6.45, 7) is 0.848. The molecule has 2 fully saturated rings. The van der Waals surface area contributed by atoms with Crippen molar-refractivity contribution in [1.29, 1.82) is 0 Å². The minimum absolute atomic E-state index is 0.0368. The second-order valence-corrected chi connectivity index (χ2v) is 4.57. The molecule has 2 rings (SSSR count). The minimum atomic E-state index is -0.935. The standard InChI is InChI=1S/C11H16N2O4/c14-9-4-3-7(6-12-9)10(15)13-5-1-2-8(13)11(16)17/h7-8H,1-6H2,(H,12,14)(H,16,17)/t7?,8-/m1/s1. The number of nitrogens with one attached hydrogen (secondary N) is 1. The van der Waals surface area contributed by atoms with Gasteiger partial charge < -0.3 is 15.3 Å². The van der Waals surface area contributed by atoms with Gasteiger partial charge in [-0.1, -0.05) is 0 Å². The zero-order valence-electron chi connectivity index (χ0n) is 9.52. The van der Waals surface area contributed by atoms with Crippen LogP contribution in [0, 0.1) is 5.92 Å². The average Bonchev–Trinajstić information content (AvgIpc) is 2.78. The lowest BCUT2D eigenvalue weighted by atomic mass is 9.97. The van der Waals surface area contributed by atoms with Crippen LogP contribution in [0.1, 0.15) is 25.7 Å². The fraction of sp³-hybridized carbons (Fsp3) is 0.727. The number of amides is 2. The van der Waals surface area contributed by atoms with Gasteiger partial charge in [-0.05, 0) is 19.3 Å². The monoisotopic (exact) mass is 240 g/mol. The van der Waals surface area contributed by atoms with Crippen molar-refractivity contribution < 1.29 is 19.5 Å². The number of nitrogens with zero attached hydrogens (tertiary/aromatic N) is 1. The van der Waals surface area contributed by atoms with Gasteiger partial charge in [0.15, 0.2) is 0 Å². The summed E-state index contributed by atoms with van der Waals surface area (Å²) in [4.78, 5) is 35.6. The molecule has 6 heteroatoms. The van der Waals surface area contributed by atoms with Crippen LogP contribution in [0.2, 0.25) is 0 Å². The summed E-state index contributed by atoms with van der Waals surface area (Å²) in [6.07, 6.45) is 2.14. The molecule has 0 aromatic rings. The van der Waals surface area contributed by atoms with Crippen molar-refractivity contribution in [2.75, 3.05) is 13.1 Å². The molecular formula is C11H16N2O4. The van der Waals surface area contributed by atoms with Crippen LogP contribution in [0.4, 0.5) is 0 Å². The number of carbonyl (C=O) groups excluding carboxylic acids is 2. The van der Waals surface area contributed by atoms with Crippen LogP contribution in [0.25, 0.3) is 0 Å². The molecule has 2 heterocycles. The van der Waals surface area contributed by atoms with Gasteiger partial charge in [0.05, 0.1) is 5.92 Å². The predicted molar refractivity (Wildman–Crippen MR) is 58.1 cm³/mol. The number of hydrogen-bond acceptors (Lipinski definition) is 3. The summed E-state index contributed by atoms with van der Waals surface area (Å²) in [5, 5.41) is 11.7. The van der Waals surface area contributed by atoms with Gasteiger partial charge in [-0.2, -0.15) is 0 Å². The Morgan fingerprint density at radius 2 is 2.12 bits per heavy atom. The first-order chi connectivity index (χ1) is 8.09. The molecule has 0 saturated carbocycles. The van der Waals surface area contributed by atoms with Crippen LogP contribution in [0.5, 0.6) is 0 Å². The van der Waals surface area contributed by atoms with E-state index in [9.17, 15) is 14.4 Å². The third-order valence-corrected chi connectivity index (χ3v) is 3.44. The van der Waals surface area contributed by atoms with E-state index >= 15 is 0 Å². The molecule has 17 heavy (non-hydrogen) atoms. The van der Waals surface area contributed by atoms with E-state index in [4.69, 9.17) is 5.11 Å². The molecule has 1 unspecified atom stereocenters. The normalized spacial score (nSPS) is 28.9. The van der Waals surface area contributed by atoms with Gasteiger partial charge in [0, 0.05) is 19.5 Å². The molecular weight excluding hydrogens is 224 g/mol. The van der Waals surface area contributed by atoms with Gasteiger partial charge in [-0.25, -0.2) is 4.79 Å². The Morgan fingerprint density at radius 3 is 2.71 bits per heavy atom. The van der Waals surface area contributed by atoms with Crippen molar-refractivity contribution in [2.45, 2.75) is 31.7 Å². The van der Waals surface area contributed by atoms with E-state index in [-0.39, 0.29) is 17.7 Å². The molecule has 2 amide bonds. The largest absolute Gasteiger partial charge is 0.480 e. The Bertz CT molecular complexity index is 345. The number of hydrogen-bond donors (Lipinski definition) is 2. The highest BCUT2D eigenvalue weighted by atomic mass is 16.4. The van der Waals surface area contributed by atoms with Gasteiger partial charge >= 0.3 is 5.97 Å². The van der Waals surface area contributed by atoms with Gasteiger partial charge in [-0.3, -0.25) is 9.59 Å². The van der Waals surface area contributed by atoms with E-state index < -0.39 is 12.0 Å². The van der Waals surface area contributed by atoms with E-state index in [0.29, 0.717) is 32.4 Å². The van der Waals surface area contributed by atoms with Crippen LogP contribution >= 0.6 is 0 Å². The third-order valence-electron chi connectivity index (χ3n) is 3.44. The van der Waals surface area contributed by atoms with Crippen LogP contribution < -0.4 is 5.32 Å². The highest BCUT2D eigenvalue weighted by Crippen LogP contribution is 2.22. The Balaban J connectivity index is 1.99. The van der Waals surface area contributed by atoms with Crippen LogP contribution in [0.15, 0.2) is 0 Å². The quantitative estimate of drug-likeness (QED) is 0.687. The Morgan fingerprint density at radius 1 is 1.35 bits per heavy atom. The Hall–Kier alpha value is -1.59. The van der Waals surface area contributed by atoms with Gasteiger partial charge in [0.25, 0.3) is 0 Å². The first kappa shape index (κ1) is 11.9. The van der Waals surface area contributed by atoms with Crippen molar-refractivity contribution in [3.63, 3.8) is 0 Å². The number of likely N-dealkylation sites (tertiary alicyclic amines) is 1. The molecule has 0 aromatic heterocycles. The maximum atomic E-state index is 12.1. The number of carboxylic acid groups (broad SMARTS) is 1. The SMILES string of the molecule is O=C1CCC(C(=O)N2CCC[C@@H]2C(=O)O)CN1. The summed E-state index contributed by atoms with van der Waals surface area (Å²) < 4.78 is 0. The maximum Gasteiger partial charge on any atom is 0.326 e. The number of carboxylic acids is 1. The summed E-state index contributed by atoms with van der Waals surface area (Å²) in [7, 11) is 0. The van der Waals surface area contributed by atoms with E-state index in [1.165, 1.54) is 4.90 Å². The van der Waals surface area contributed by atoms with Gasteiger partial charge in [-0.15, -0.1) is 0 Å². The van der Waals surface area contributed by atoms with Crippen molar-refractivity contribution >= 4 is 17.8 Å². The number of aliphatic carboxylic acids is 1. The molecule has 2 saturated heterocycles. The zero-order valence-corrected chi connectivity index (χ0v) is 9.52. The van der Waals surface area contributed by atoms with Crippen molar-refractivity contribution in [2.24, 2.45) is 5.92 Å². The maximum absolute atomic E-state index is 12.1. The highest BCUT2D eigenvalue weighted by Gasteiger charge is 2.37. The molecule has 2 N–H and O–H groups in total. The highest BCUT2D eigenvalue weighted by molar-refractivity contribution is 5.87. The lowest BCUT2D eigenvalue weighted by molar-refractivity contribution is -0.150. The van der Waals surface area contributed by atoms with E-state index in [2.05, 4.69) is 5.32 Å². The van der Waals surface area contributed by atoms with E-state index in [1.54, 1.807) is 0 Å². The predicted octanol–water partition coefficient (Wildman–Crippen LogP) is -0.412. The molecule has 6 nitrogen and oxygen atoms in total. The number of piperidine rings is 1. The minimum Gasteiger partial charge on any atom is -0.480 e. The molecule has 2 aliphatic heterocycles. The second kappa shape index (κ2) is 4.73. The molecule has 2 atom stereocenters. The lowest BCUT2D eigenvalue weighted by Crippen LogP contribution is -2.48. The summed E-state index contributed by atoms with van der Waals surface area (Å²) in [5.74, 6) is -1.36. The van der Waals surface area contributed by atoms with Crippen LogP contribution in [-0.2, 0) is 14.4 Å². The van der Waals surface area contributed by atoms with Crippen molar-refractivity contribution in [3.05, 3.63) is 0 Å². The van der Waals surface area contributed by atoms with E-state index in [0.717, 1.165) is 6.42 Å². The fourth-order valence-corrected chi connectivity index (χ4v) is 2.47. The number of rotatable bonds is 2. The Kier molecular flexibility index (Phi) is 3.31. The molecule has 0 spiro atoms. The van der Waals surface area contributed by atoms with Crippen molar-refractivity contribution in [1.82, 2.24) is 10.2 Å².